The molecule has 2 rings (SSSR count). The molecule has 0 aromatic heterocycles. The van der Waals surface area contributed by atoms with Crippen molar-refractivity contribution in [2.75, 3.05) is 11.5 Å². The molecule has 1 fully saturated rings. The van der Waals surface area contributed by atoms with Gasteiger partial charge >= 0.3 is 0 Å². The van der Waals surface area contributed by atoms with E-state index in [0.717, 1.165) is 17.4 Å². The lowest BCUT2D eigenvalue weighted by molar-refractivity contribution is 0.416. The highest BCUT2D eigenvalue weighted by Gasteiger charge is 2.23. The molecular weight excluding hydrogens is 214 g/mol. The van der Waals surface area contributed by atoms with Crippen molar-refractivity contribution in [2.45, 2.75) is 38.1 Å². The number of benzene rings is 1. The molecule has 0 aliphatic heterocycles. The topological polar surface area (TPSA) is 26.0 Å². The third-order valence-electron chi connectivity index (χ3n) is 3.44. The number of rotatable bonds is 5. The molecule has 1 aliphatic carbocycles. The molecule has 16 heavy (non-hydrogen) atoms. The van der Waals surface area contributed by atoms with E-state index < -0.39 is 0 Å². The minimum absolute atomic E-state index is 0.210. The van der Waals surface area contributed by atoms with Crippen molar-refractivity contribution >= 4 is 11.8 Å². The average Bonchev–Trinajstić information content (AvgIpc) is 2.24. The lowest BCUT2D eigenvalue weighted by Crippen LogP contribution is -2.19. The van der Waals surface area contributed by atoms with E-state index in [-0.39, 0.29) is 6.04 Å². The van der Waals surface area contributed by atoms with E-state index in [1.54, 1.807) is 0 Å². The lowest BCUT2D eigenvalue weighted by Gasteiger charge is -2.29. The second-order valence-electron chi connectivity index (χ2n) is 4.52. The molecule has 1 aromatic rings. The quantitative estimate of drug-likeness (QED) is 0.842. The molecule has 2 N–H and O–H groups in total. The van der Waals surface area contributed by atoms with Crippen molar-refractivity contribution in [1.29, 1.82) is 0 Å². The molecule has 0 spiro atoms. The maximum absolute atomic E-state index is 6.28. The summed E-state index contributed by atoms with van der Waals surface area (Å²) in [5.41, 5.74) is 9.17. The van der Waals surface area contributed by atoms with E-state index >= 15 is 0 Å². The second kappa shape index (κ2) is 5.74. The van der Waals surface area contributed by atoms with Crippen LogP contribution in [0, 0.1) is 0 Å². The standard InChI is InChI=1S/C14H21NS/c1-2-16-10-14(15)13-9-4-3-8-12(13)11-6-5-7-11/h3-4,8-9,11,14H,2,5-7,10,15H2,1H3. The third-order valence-corrected chi connectivity index (χ3v) is 4.45. The van der Waals surface area contributed by atoms with E-state index in [1.807, 2.05) is 11.8 Å². The Kier molecular flexibility index (Phi) is 4.30. The van der Waals surface area contributed by atoms with E-state index in [4.69, 9.17) is 5.73 Å². The number of hydrogen-bond acceptors (Lipinski definition) is 2. The summed E-state index contributed by atoms with van der Waals surface area (Å²) in [5.74, 6) is 2.98. The molecule has 0 heterocycles. The largest absolute Gasteiger partial charge is 0.323 e. The molecule has 1 aromatic carbocycles. The van der Waals surface area contributed by atoms with Crippen molar-refractivity contribution in [1.82, 2.24) is 0 Å². The Morgan fingerprint density at radius 2 is 2.12 bits per heavy atom. The van der Waals surface area contributed by atoms with Crippen molar-refractivity contribution < 1.29 is 0 Å². The molecule has 0 saturated heterocycles. The van der Waals surface area contributed by atoms with E-state index in [9.17, 15) is 0 Å². The first-order valence-corrected chi connectivity index (χ1v) is 7.40. The molecule has 1 unspecified atom stereocenters. The van der Waals surface area contributed by atoms with Gasteiger partial charge in [0, 0.05) is 11.8 Å². The van der Waals surface area contributed by atoms with Crippen molar-refractivity contribution in [3.8, 4) is 0 Å². The Morgan fingerprint density at radius 3 is 2.75 bits per heavy atom. The summed E-state index contributed by atoms with van der Waals surface area (Å²) in [5, 5.41) is 0. The van der Waals surface area contributed by atoms with E-state index in [1.165, 1.54) is 30.4 Å². The fourth-order valence-electron chi connectivity index (χ4n) is 2.27. The summed E-state index contributed by atoms with van der Waals surface area (Å²) in [6, 6.07) is 8.97. The van der Waals surface area contributed by atoms with Crippen LogP contribution in [0.15, 0.2) is 24.3 Å². The fraction of sp³-hybridized carbons (Fsp3) is 0.571. The number of thioether (sulfide) groups is 1. The summed E-state index contributed by atoms with van der Waals surface area (Å²) in [4.78, 5) is 0. The van der Waals surface area contributed by atoms with Crippen molar-refractivity contribution in [3.63, 3.8) is 0 Å². The van der Waals surface area contributed by atoms with E-state index in [0.29, 0.717) is 0 Å². The predicted octanol–water partition coefficient (Wildman–Crippen LogP) is 3.71. The Labute approximate surface area is 103 Å². The smallest absolute Gasteiger partial charge is 0.0389 e. The van der Waals surface area contributed by atoms with E-state index in [2.05, 4.69) is 31.2 Å². The van der Waals surface area contributed by atoms with Crippen LogP contribution in [-0.2, 0) is 0 Å². The zero-order valence-corrected chi connectivity index (χ0v) is 10.8. The summed E-state index contributed by atoms with van der Waals surface area (Å²) in [6.07, 6.45) is 4.09. The molecule has 0 radical (unpaired) electrons. The van der Waals surface area contributed by atoms with Gasteiger partial charge in [-0.2, -0.15) is 11.8 Å². The summed E-state index contributed by atoms with van der Waals surface area (Å²) >= 11 is 1.93. The molecule has 1 saturated carbocycles. The van der Waals surface area contributed by atoms with Crippen LogP contribution in [0.5, 0.6) is 0 Å². The SMILES string of the molecule is CCSCC(N)c1ccccc1C1CCC1. The van der Waals surface area contributed by atoms with Gasteiger partial charge in [-0.25, -0.2) is 0 Å². The summed E-state index contributed by atoms with van der Waals surface area (Å²) in [7, 11) is 0. The second-order valence-corrected chi connectivity index (χ2v) is 5.84. The summed E-state index contributed by atoms with van der Waals surface area (Å²) in [6.45, 7) is 2.19. The highest BCUT2D eigenvalue weighted by atomic mass is 32.2. The van der Waals surface area contributed by atoms with Gasteiger partial charge in [0.15, 0.2) is 0 Å². The normalized spacial score (nSPS) is 18.1. The van der Waals surface area contributed by atoms with Gasteiger partial charge in [0.25, 0.3) is 0 Å². The maximum Gasteiger partial charge on any atom is 0.0389 e. The lowest BCUT2D eigenvalue weighted by atomic mass is 9.77. The van der Waals surface area contributed by atoms with Gasteiger partial charge in [-0.1, -0.05) is 37.6 Å². The molecule has 1 aliphatic rings. The Morgan fingerprint density at radius 1 is 1.38 bits per heavy atom. The van der Waals surface area contributed by atoms with Crippen LogP contribution < -0.4 is 5.73 Å². The fourth-order valence-corrected chi connectivity index (χ4v) is 2.94. The third kappa shape index (κ3) is 2.61. The molecule has 0 amide bonds. The first-order valence-electron chi connectivity index (χ1n) is 6.25. The van der Waals surface area contributed by atoms with Crippen LogP contribution in [0.2, 0.25) is 0 Å². The summed E-state index contributed by atoms with van der Waals surface area (Å²) < 4.78 is 0. The Bertz CT molecular complexity index is 333. The number of hydrogen-bond donors (Lipinski definition) is 1. The monoisotopic (exact) mass is 235 g/mol. The zero-order chi connectivity index (χ0) is 11.4. The minimum Gasteiger partial charge on any atom is -0.323 e. The van der Waals surface area contributed by atoms with Gasteiger partial charge in [0.1, 0.15) is 0 Å². The van der Waals surface area contributed by atoms with Crippen molar-refractivity contribution in [2.24, 2.45) is 5.73 Å². The van der Waals surface area contributed by atoms with Crippen molar-refractivity contribution in [3.05, 3.63) is 35.4 Å². The molecule has 0 bridgehead atoms. The molecule has 88 valence electrons. The highest BCUT2D eigenvalue weighted by Crippen LogP contribution is 2.39. The molecule has 1 atom stereocenters. The zero-order valence-electron chi connectivity index (χ0n) is 9.99. The molecule has 2 heteroatoms. The van der Waals surface area contributed by atoms with Gasteiger partial charge < -0.3 is 5.73 Å². The minimum atomic E-state index is 0.210. The average molecular weight is 235 g/mol. The van der Waals surface area contributed by atoms with Gasteiger partial charge in [0.05, 0.1) is 0 Å². The Balaban J connectivity index is 2.11. The molecular formula is C14H21NS. The van der Waals surface area contributed by atoms with Crippen LogP contribution in [0.3, 0.4) is 0 Å². The van der Waals surface area contributed by atoms with Gasteiger partial charge in [0.2, 0.25) is 0 Å². The first kappa shape index (κ1) is 12.0. The Hall–Kier alpha value is -0.470. The highest BCUT2D eigenvalue weighted by molar-refractivity contribution is 7.99. The molecule has 1 nitrogen and oxygen atoms in total. The predicted molar refractivity (Wildman–Crippen MR) is 73.0 cm³/mol. The number of nitrogens with two attached hydrogens (primary N) is 1. The maximum atomic E-state index is 6.28. The van der Waals surface area contributed by atoms with Gasteiger partial charge in [-0.05, 0) is 35.6 Å². The van der Waals surface area contributed by atoms with Crippen LogP contribution in [0.25, 0.3) is 0 Å². The van der Waals surface area contributed by atoms with Gasteiger partial charge in [-0.15, -0.1) is 0 Å². The first-order chi connectivity index (χ1) is 7.83. The van der Waals surface area contributed by atoms with Gasteiger partial charge in [-0.3, -0.25) is 0 Å². The van der Waals surface area contributed by atoms with Crippen LogP contribution in [0.4, 0.5) is 0 Å². The van der Waals surface area contributed by atoms with Crippen LogP contribution in [-0.4, -0.2) is 11.5 Å². The van der Waals surface area contributed by atoms with Crippen LogP contribution in [0.1, 0.15) is 49.3 Å². The van der Waals surface area contributed by atoms with Crippen LogP contribution >= 0.6 is 11.8 Å².